The third kappa shape index (κ3) is 4.98. The third-order valence-electron chi connectivity index (χ3n) is 4.74. The Morgan fingerprint density at radius 1 is 1.14 bits per heavy atom. The van der Waals surface area contributed by atoms with Crippen LogP contribution in [0, 0.1) is 0 Å². The molecule has 3 rings (SSSR count). The van der Waals surface area contributed by atoms with Crippen molar-refractivity contribution in [1.82, 2.24) is 14.8 Å². The smallest absolute Gasteiger partial charge is 0.337 e. The summed E-state index contributed by atoms with van der Waals surface area (Å²) in [5.41, 5.74) is 2.60. The van der Waals surface area contributed by atoms with Crippen LogP contribution in [0.2, 0.25) is 5.02 Å². The van der Waals surface area contributed by atoms with Gasteiger partial charge in [0.1, 0.15) is 6.04 Å². The second-order valence-electron chi connectivity index (χ2n) is 6.93. The number of nitrogens with one attached hydrogen (secondary N) is 1. The molecule has 0 fully saturated rings. The van der Waals surface area contributed by atoms with Crippen molar-refractivity contribution in [2.45, 2.75) is 23.9 Å². The molecule has 0 saturated heterocycles. The zero-order valence-electron chi connectivity index (χ0n) is 16.8. The van der Waals surface area contributed by atoms with Crippen molar-refractivity contribution >= 4 is 29.3 Å². The van der Waals surface area contributed by atoms with E-state index in [0.717, 1.165) is 22.2 Å². The van der Waals surface area contributed by atoms with Gasteiger partial charge in [0.15, 0.2) is 11.0 Å². The standard InChI is InChI=1S/C21H23ClN4O2S/c1-14(25(2)3)19-23-24-21(26(19)18-11-9-17(22)10-12-18)29-13-15-5-7-16(8-6-15)20(27)28-4/h5-12,14H,13H2,1-4H3/p+1/t14-/m0/s1. The summed E-state index contributed by atoms with van der Waals surface area (Å²) in [6.07, 6.45) is 0. The van der Waals surface area contributed by atoms with Gasteiger partial charge in [-0.15, -0.1) is 10.2 Å². The van der Waals surface area contributed by atoms with E-state index in [4.69, 9.17) is 16.3 Å². The predicted molar refractivity (Wildman–Crippen MR) is 115 cm³/mol. The van der Waals surface area contributed by atoms with Gasteiger partial charge in [0.2, 0.25) is 0 Å². The molecular weight excluding hydrogens is 408 g/mol. The lowest BCUT2D eigenvalue weighted by Crippen LogP contribution is -3.05. The SMILES string of the molecule is COC(=O)c1ccc(CSc2nnc([C@H](C)[NH+](C)C)n2-c2ccc(Cl)cc2)cc1. The monoisotopic (exact) mass is 431 g/mol. The van der Waals surface area contributed by atoms with E-state index in [2.05, 4.69) is 35.8 Å². The van der Waals surface area contributed by atoms with Gasteiger partial charge in [-0.3, -0.25) is 4.57 Å². The van der Waals surface area contributed by atoms with Crippen molar-refractivity contribution in [3.05, 3.63) is 70.5 Å². The lowest BCUT2D eigenvalue weighted by atomic mass is 10.1. The zero-order valence-corrected chi connectivity index (χ0v) is 18.4. The minimum Gasteiger partial charge on any atom is -0.465 e. The molecule has 6 nitrogen and oxygen atoms in total. The number of carbonyl (C=O) groups excluding carboxylic acids is 1. The Bertz CT molecular complexity index is 971. The van der Waals surface area contributed by atoms with Gasteiger partial charge in [-0.1, -0.05) is 35.5 Å². The third-order valence-corrected chi connectivity index (χ3v) is 5.99. The number of nitrogens with zero attached hydrogens (tertiary/aromatic N) is 3. The lowest BCUT2D eigenvalue weighted by molar-refractivity contribution is -0.890. The van der Waals surface area contributed by atoms with Crippen LogP contribution in [0.4, 0.5) is 0 Å². The van der Waals surface area contributed by atoms with Crippen molar-refractivity contribution in [3.63, 3.8) is 0 Å². The Kier molecular flexibility index (Phi) is 6.95. The first-order valence-corrected chi connectivity index (χ1v) is 10.6. The fourth-order valence-corrected chi connectivity index (χ4v) is 3.79. The quantitative estimate of drug-likeness (QED) is 0.459. The normalized spacial score (nSPS) is 12.2. The molecule has 1 heterocycles. The molecule has 3 aromatic rings. The molecular formula is C21H24ClN4O2S+. The average Bonchev–Trinajstić information content (AvgIpc) is 3.15. The summed E-state index contributed by atoms with van der Waals surface area (Å²) in [7, 11) is 5.58. The number of benzene rings is 2. The van der Waals surface area contributed by atoms with Crippen molar-refractivity contribution in [3.8, 4) is 5.69 Å². The summed E-state index contributed by atoms with van der Waals surface area (Å²) in [5.74, 6) is 1.27. The van der Waals surface area contributed by atoms with Crippen LogP contribution in [0.5, 0.6) is 0 Å². The van der Waals surface area contributed by atoms with Gasteiger partial charge in [0.25, 0.3) is 0 Å². The molecule has 0 amide bonds. The molecule has 29 heavy (non-hydrogen) atoms. The zero-order chi connectivity index (χ0) is 21.0. The van der Waals surface area contributed by atoms with Crippen LogP contribution in [-0.2, 0) is 10.5 Å². The number of hydrogen-bond donors (Lipinski definition) is 1. The van der Waals surface area contributed by atoms with Gasteiger partial charge in [0.05, 0.1) is 26.8 Å². The summed E-state index contributed by atoms with van der Waals surface area (Å²) in [6, 6.07) is 15.3. The number of ether oxygens (including phenoxy) is 1. The largest absolute Gasteiger partial charge is 0.465 e. The Morgan fingerprint density at radius 3 is 2.38 bits per heavy atom. The number of esters is 1. The molecule has 0 aliphatic heterocycles. The maximum Gasteiger partial charge on any atom is 0.337 e. The maximum atomic E-state index is 11.6. The van der Waals surface area contributed by atoms with Crippen LogP contribution < -0.4 is 4.90 Å². The summed E-state index contributed by atoms with van der Waals surface area (Å²) >= 11 is 7.67. The van der Waals surface area contributed by atoms with E-state index in [0.29, 0.717) is 16.3 Å². The summed E-state index contributed by atoms with van der Waals surface area (Å²) in [4.78, 5) is 12.9. The van der Waals surface area contributed by atoms with Gasteiger partial charge in [-0.2, -0.15) is 0 Å². The highest BCUT2D eigenvalue weighted by molar-refractivity contribution is 7.98. The Labute approximate surface area is 179 Å². The highest BCUT2D eigenvalue weighted by atomic mass is 35.5. The Morgan fingerprint density at radius 2 is 1.79 bits per heavy atom. The second-order valence-corrected chi connectivity index (χ2v) is 8.31. The summed E-state index contributed by atoms with van der Waals surface area (Å²) in [5, 5.41) is 10.4. The van der Waals surface area contributed by atoms with Crippen molar-refractivity contribution in [2.75, 3.05) is 21.2 Å². The van der Waals surface area contributed by atoms with Crippen LogP contribution in [0.15, 0.2) is 53.7 Å². The van der Waals surface area contributed by atoms with E-state index in [1.165, 1.54) is 12.0 Å². The maximum absolute atomic E-state index is 11.6. The number of quaternary nitrogens is 1. The Balaban J connectivity index is 1.87. The molecule has 0 bridgehead atoms. The minimum absolute atomic E-state index is 0.173. The van der Waals surface area contributed by atoms with Crippen LogP contribution in [0.1, 0.15) is 34.7 Å². The van der Waals surface area contributed by atoms with Gasteiger partial charge < -0.3 is 9.64 Å². The van der Waals surface area contributed by atoms with Crippen LogP contribution in [0.3, 0.4) is 0 Å². The molecule has 1 N–H and O–H groups in total. The highest BCUT2D eigenvalue weighted by Crippen LogP contribution is 2.27. The molecule has 0 unspecified atom stereocenters. The Hall–Kier alpha value is -2.35. The molecule has 1 aromatic heterocycles. The first-order valence-electron chi connectivity index (χ1n) is 9.22. The van der Waals surface area contributed by atoms with Crippen molar-refractivity contribution in [1.29, 1.82) is 0 Å². The molecule has 0 radical (unpaired) electrons. The topological polar surface area (TPSA) is 61.4 Å². The first-order chi connectivity index (χ1) is 13.9. The number of halogens is 1. The lowest BCUT2D eigenvalue weighted by Gasteiger charge is -2.18. The number of thioether (sulfide) groups is 1. The first kappa shape index (κ1) is 21.4. The van der Waals surface area contributed by atoms with Gasteiger partial charge in [-0.05, 0) is 48.9 Å². The van der Waals surface area contributed by atoms with E-state index in [-0.39, 0.29) is 12.0 Å². The predicted octanol–water partition coefficient (Wildman–Crippen LogP) is 3.21. The van der Waals surface area contributed by atoms with E-state index in [1.54, 1.807) is 23.9 Å². The fraction of sp³-hybridized carbons (Fsp3) is 0.286. The summed E-state index contributed by atoms with van der Waals surface area (Å²) in [6.45, 7) is 2.13. The average molecular weight is 432 g/mol. The number of carbonyl (C=O) groups is 1. The molecule has 0 aliphatic rings. The molecule has 0 spiro atoms. The molecule has 8 heteroatoms. The summed E-state index contributed by atoms with van der Waals surface area (Å²) < 4.78 is 6.83. The number of hydrogen-bond acceptors (Lipinski definition) is 5. The second kappa shape index (κ2) is 9.43. The number of rotatable bonds is 7. The van der Waals surface area contributed by atoms with Crippen LogP contribution in [-0.4, -0.2) is 41.9 Å². The molecule has 2 aromatic carbocycles. The van der Waals surface area contributed by atoms with Gasteiger partial charge in [-0.25, -0.2) is 4.79 Å². The van der Waals surface area contributed by atoms with E-state index >= 15 is 0 Å². The van der Waals surface area contributed by atoms with Crippen molar-refractivity contribution in [2.24, 2.45) is 0 Å². The van der Waals surface area contributed by atoms with Crippen LogP contribution >= 0.6 is 23.4 Å². The number of methoxy groups -OCH3 is 1. The highest BCUT2D eigenvalue weighted by Gasteiger charge is 2.23. The van der Waals surface area contributed by atoms with E-state index in [9.17, 15) is 4.79 Å². The molecule has 0 aliphatic carbocycles. The van der Waals surface area contributed by atoms with E-state index < -0.39 is 0 Å². The molecule has 1 atom stereocenters. The van der Waals surface area contributed by atoms with Crippen molar-refractivity contribution < 1.29 is 14.4 Å². The van der Waals surface area contributed by atoms with Gasteiger partial charge >= 0.3 is 5.97 Å². The van der Waals surface area contributed by atoms with Gasteiger partial charge in [0, 0.05) is 16.5 Å². The fourth-order valence-electron chi connectivity index (χ4n) is 2.75. The minimum atomic E-state index is -0.337. The van der Waals surface area contributed by atoms with Crippen LogP contribution in [0.25, 0.3) is 5.69 Å². The van der Waals surface area contributed by atoms with E-state index in [1.807, 2.05) is 36.4 Å². The number of aromatic nitrogens is 3. The molecule has 152 valence electrons. The molecule has 0 saturated carbocycles.